The largest absolute Gasteiger partial charge is 0.368 e. The van der Waals surface area contributed by atoms with Crippen molar-refractivity contribution in [3.8, 4) is 5.69 Å². The minimum Gasteiger partial charge on any atom is -0.368 e. The van der Waals surface area contributed by atoms with Crippen LogP contribution in [0.25, 0.3) is 5.69 Å². The third-order valence-corrected chi connectivity index (χ3v) is 2.86. The van der Waals surface area contributed by atoms with Crippen molar-refractivity contribution >= 4 is 40.9 Å². The molecular weight excluding hydrogens is 267 g/mol. The molecule has 1 aromatic carbocycles. The van der Waals surface area contributed by atoms with E-state index in [1.807, 2.05) is 6.26 Å². The Morgan fingerprint density at radius 1 is 1.25 bits per heavy atom. The Morgan fingerprint density at radius 2 is 1.88 bits per heavy atom. The maximum Gasteiger partial charge on any atom is 0.224 e. The number of thioether (sulfide) groups is 1. The van der Waals surface area contributed by atoms with Gasteiger partial charge in [0, 0.05) is 10.0 Å². The highest BCUT2D eigenvalue weighted by molar-refractivity contribution is 7.98. The molecule has 2 N–H and O–H groups in total. The van der Waals surface area contributed by atoms with Gasteiger partial charge in [-0.2, -0.15) is 9.67 Å². The maximum absolute atomic E-state index is 5.90. The molecule has 0 radical (unpaired) electrons. The predicted molar refractivity (Wildman–Crippen MR) is 67.6 cm³/mol. The van der Waals surface area contributed by atoms with E-state index in [2.05, 4.69) is 10.1 Å². The van der Waals surface area contributed by atoms with Crippen LogP contribution < -0.4 is 5.73 Å². The van der Waals surface area contributed by atoms with Crippen LogP contribution in [0.1, 0.15) is 0 Å². The summed E-state index contributed by atoms with van der Waals surface area (Å²) < 4.78 is 1.50. The van der Waals surface area contributed by atoms with Crippen LogP contribution in [0.15, 0.2) is 23.4 Å². The van der Waals surface area contributed by atoms with Gasteiger partial charge in [-0.15, -0.1) is 5.10 Å². The van der Waals surface area contributed by atoms with E-state index in [0.717, 1.165) is 0 Å². The van der Waals surface area contributed by atoms with Crippen LogP contribution in [-0.2, 0) is 0 Å². The highest BCUT2D eigenvalue weighted by Crippen LogP contribution is 2.23. The monoisotopic (exact) mass is 274 g/mol. The quantitative estimate of drug-likeness (QED) is 0.856. The first-order valence-corrected chi connectivity index (χ1v) is 6.31. The molecule has 7 heteroatoms. The Bertz CT molecular complexity index is 506. The van der Waals surface area contributed by atoms with E-state index in [1.54, 1.807) is 18.2 Å². The summed E-state index contributed by atoms with van der Waals surface area (Å²) in [5.41, 5.74) is 6.44. The Balaban J connectivity index is 2.53. The molecule has 0 aliphatic carbocycles. The van der Waals surface area contributed by atoms with E-state index >= 15 is 0 Å². The average molecular weight is 275 g/mol. The van der Waals surface area contributed by atoms with Gasteiger partial charge in [-0.05, 0) is 24.5 Å². The van der Waals surface area contributed by atoms with Crippen LogP contribution in [-0.4, -0.2) is 21.0 Å². The van der Waals surface area contributed by atoms with Gasteiger partial charge in [0.05, 0.1) is 5.69 Å². The van der Waals surface area contributed by atoms with Crippen molar-refractivity contribution < 1.29 is 0 Å². The summed E-state index contributed by atoms with van der Waals surface area (Å²) in [6, 6.07) is 5.10. The molecule has 0 saturated carbocycles. The number of nitrogens with two attached hydrogens (primary N) is 1. The number of hydrogen-bond donors (Lipinski definition) is 1. The average Bonchev–Trinajstić information content (AvgIpc) is 2.58. The molecule has 0 fully saturated rings. The molecule has 0 aliphatic rings. The fourth-order valence-electron chi connectivity index (χ4n) is 1.24. The molecule has 84 valence electrons. The number of halogens is 2. The third kappa shape index (κ3) is 2.26. The molecular formula is C9H8Cl2N4S. The molecule has 0 atom stereocenters. The first-order chi connectivity index (χ1) is 7.60. The van der Waals surface area contributed by atoms with Gasteiger partial charge in [0.25, 0.3) is 0 Å². The van der Waals surface area contributed by atoms with E-state index < -0.39 is 0 Å². The van der Waals surface area contributed by atoms with Crippen molar-refractivity contribution in [2.24, 2.45) is 0 Å². The van der Waals surface area contributed by atoms with Crippen molar-refractivity contribution in [2.75, 3.05) is 12.0 Å². The Hall–Kier alpha value is -0.910. The molecule has 16 heavy (non-hydrogen) atoms. The molecule has 4 nitrogen and oxygen atoms in total. The van der Waals surface area contributed by atoms with E-state index in [4.69, 9.17) is 28.9 Å². The molecule has 0 saturated heterocycles. The van der Waals surface area contributed by atoms with Crippen LogP contribution in [0.5, 0.6) is 0 Å². The van der Waals surface area contributed by atoms with Crippen molar-refractivity contribution in [2.45, 2.75) is 5.16 Å². The minimum absolute atomic E-state index is 0.308. The molecule has 0 bridgehead atoms. The van der Waals surface area contributed by atoms with Crippen molar-refractivity contribution in [1.29, 1.82) is 0 Å². The second-order valence-corrected chi connectivity index (χ2v) is 4.64. The van der Waals surface area contributed by atoms with Crippen molar-refractivity contribution in [3.63, 3.8) is 0 Å². The molecule has 1 heterocycles. The van der Waals surface area contributed by atoms with E-state index in [-0.39, 0.29) is 0 Å². The summed E-state index contributed by atoms with van der Waals surface area (Å²) in [4.78, 5) is 4.07. The number of nitrogen functional groups attached to an aromatic ring is 1. The lowest BCUT2D eigenvalue weighted by Crippen LogP contribution is -2.02. The number of rotatable bonds is 2. The Morgan fingerprint density at radius 3 is 2.38 bits per heavy atom. The molecule has 1 aromatic heterocycles. The number of hydrogen-bond acceptors (Lipinski definition) is 4. The Kier molecular flexibility index (Phi) is 3.28. The zero-order valence-electron chi connectivity index (χ0n) is 8.32. The fraction of sp³-hybridized carbons (Fsp3) is 0.111. The maximum atomic E-state index is 5.90. The summed E-state index contributed by atoms with van der Waals surface area (Å²) in [7, 11) is 0. The topological polar surface area (TPSA) is 56.7 Å². The zero-order chi connectivity index (χ0) is 11.7. The second kappa shape index (κ2) is 4.53. The van der Waals surface area contributed by atoms with Crippen LogP contribution in [0.2, 0.25) is 10.0 Å². The number of benzene rings is 1. The standard InChI is InChI=1S/C9H8Cl2N4S/c1-16-9-13-8(12)15(14-9)7-3-5(10)2-6(11)4-7/h2-4H,1H3,(H2,12,13,14). The lowest BCUT2D eigenvalue weighted by Gasteiger charge is -2.03. The van der Waals surface area contributed by atoms with Gasteiger partial charge in [0.15, 0.2) is 0 Å². The lowest BCUT2D eigenvalue weighted by molar-refractivity contribution is 0.842. The smallest absolute Gasteiger partial charge is 0.224 e. The lowest BCUT2D eigenvalue weighted by atomic mass is 10.3. The summed E-state index contributed by atoms with van der Waals surface area (Å²) in [5.74, 6) is 0.308. The highest BCUT2D eigenvalue weighted by Gasteiger charge is 2.09. The van der Waals surface area contributed by atoms with Crippen molar-refractivity contribution in [3.05, 3.63) is 28.2 Å². The second-order valence-electron chi connectivity index (χ2n) is 3.00. The van der Waals surface area contributed by atoms with Gasteiger partial charge < -0.3 is 5.73 Å². The molecule has 0 amide bonds. The van der Waals surface area contributed by atoms with Crippen LogP contribution in [0.4, 0.5) is 5.95 Å². The molecule has 0 spiro atoms. The normalized spacial score (nSPS) is 10.7. The SMILES string of the molecule is CSc1nc(N)n(-c2cc(Cl)cc(Cl)c2)n1. The van der Waals surface area contributed by atoms with E-state index in [9.17, 15) is 0 Å². The highest BCUT2D eigenvalue weighted by atomic mass is 35.5. The van der Waals surface area contributed by atoms with E-state index in [0.29, 0.717) is 26.8 Å². The van der Waals surface area contributed by atoms with Crippen LogP contribution in [0.3, 0.4) is 0 Å². The Labute approximate surface area is 107 Å². The van der Waals surface area contributed by atoms with Gasteiger partial charge in [-0.25, -0.2) is 0 Å². The minimum atomic E-state index is 0.308. The predicted octanol–water partition coefficient (Wildman–Crippen LogP) is 2.88. The first-order valence-electron chi connectivity index (χ1n) is 4.33. The fourth-order valence-corrected chi connectivity index (χ4v) is 2.11. The van der Waals surface area contributed by atoms with E-state index in [1.165, 1.54) is 16.4 Å². The van der Waals surface area contributed by atoms with Gasteiger partial charge in [-0.3, -0.25) is 0 Å². The van der Waals surface area contributed by atoms with Crippen molar-refractivity contribution in [1.82, 2.24) is 14.8 Å². The number of nitrogens with zero attached hydrogens (tertiary/aromatic N) is 3. The van der Waals surface area contributed by atoms with Gasteiger partial charge in [-0.1, -0.05) is 35.0 Å². The van der Waals surface area contributed by atoms with Gasteiger partial charge >= 0.3 is 0 Å². The molecule has 2 aromatic rings. The molecule has 0 aliphatic heterocycles. The summed E-state index contributed by atoms with van der Waals surface area (Å²) in [5, 5.41) is 5.87. The zero-order valence-corrected chi connectivity index (χ0v) is 10.6. The van der Waals surface area contributed by atoms with Crippen LogP contribution in [0, 0.1) is 0 Å². The summed E-state index contributed by atoms with van der Waals surface area (Å²) in [6.07, 6.45) is 1.88. The van der Waals surface area contributed by atoms with Gasteiger partial charge in [0.1, 0.15) is 0 Å². The summed E-state index contributed by atoms with van der Waals surface area (Å²) >= 11 is 13.2. The number of anilines is 1. The third-order valence-electron chi connectivity index (χ3n) is 1.89. The first kappa shape index (κ1) is 11.6. The molecule has 0 unspecified atom stereocenters. The molecule has 2 rings (SSSR count). The number of aromatic nitrogens is 3. The summed E-state index contributed by atoms with van der Waals surface area (Å²) in [6.45, 7) is 0. The van der Waals surface area contributed by atoms with Crippen LogP contribution >= 0.6 is 35.0 Å². The van der Waals surface area contributed by atoms with Gasteiger partial charge in [0.2, 0.25) is 11.1 Å².